The van der Waals surface area contributed by atoms with Crippen molar-refractivity contribution in [2.45, 2.75) is 39.7 Å². The molecule has 1 aromatic carbocycles. The van der Waals surface area contributed by atoms with Gasteiger partial charge in [-0.25, -0.2) is 0 Å². The summed E-state index contributed by atoms with van der Waals surface area (Å²) in [6.07, 6.45) is 3.50. The van der Waals surface area contributed by atoms with E-state index in [1.165, 1.54) is 4.90 Å². The highest BCUT2D eigenvalue weighted by Crippen LogP contribution is 2.34. The van der Waals surface area contributed by atoms with Gasteiger partial charge in [-0.1, -0.05) is 43.4 Å². The van der Waals surface area contributed by atoms with E-state index in [4.69, 9.17) is 26.4 Å². The minimum absolute atomic E-state index is 0.187. The predicted octanol–water partition coefficient (Wildman–Crippen LogP) is 4.03. The maximum Gasteiger partial charge on any atom is 0.326 e. The second kappa shape index (κ2) is 10.5. The Morgan fingerprint density at radius 3 is 2.71 bits per heavy atom. The zero-order chi connectivity index (χ0) is 20.7. The van der Waals surface area contributed by atoms with Crippen molar-refractivity contribution in [3.63, 3.8) is 0 Å². The molecule has 1 heterocycles. The van der Waals surface area contributed by atoms with Crippen molar-refractivity contribution in [3.8, 4) is 11.5 Å². The van der Waals surface area contributed by atoms with Gasteiger partial charge in [-0.3, -0.25) is 14.5 Å². The van der Waals surface area contributed by atoms with Crippen molar-refractivity contribution < 1.29 is 23.8 Å². The zero-order valence-corrected chi connectivity index (χ0v) is 18.2. The number of hydrogen-bond acceptors (Lipinski definition) is 7. The molecule has 2 rings (SSSR count). The Hall–Kier alpha value is -2.06. The molecule has 0 aliphatic carbocycles. The number of rotatable bonds is 9. The fourth-order valence-corrected chi connectivity index (χ4v) is 3.69. The maximum atomic E-state index is 12.6. The van der Waals surface area contributed by atoms with Gasteiger partial charge in [0.2, 0.25) is 0 Å². The molecule has 28 heavy (non-hydrogen) atoms. The van der Waals surface area contributed by atoms with Crippen LogP contribution in [0.4, 0.5) is 0 Å². The Balaban J connectivity index is 2.13. The van der Waals surface area contributed by atoms with Gasteiger partial charge in [0.05, 0.1) is 24.7 Å². The molecule has 0 N–H and O–H groups in total. The van der Waals surface area contributed by atoms with Crippen LogP contribution in [0.15, 0.2) is 23.1 Å². The van der Waals surface area contributed by atoms with Gasteiger partial charge < -0.3 is 14.2 Å². The number of methoxy groups -OCH3 is 1. The highest BCUT2D eigenvalue weighted by atomic mass is 32.2. The van der Waals surface area contributed by atoms with E-state index in [1.54, 1.807) is 33.1 Å². The number of thiocarbonyl (C=S) groups is 1. The number of amides is 1. The molecule has 8 heteroatoms. The molecule has 1 fully saturated rings. The smallest absolute Gasteiger partial charge is 0.326 e. The van der Waals surface area contributed by atoms with Gasteiger partial charge in [0, 0.05) is 0 Å². The third-order valence-electron chi connectivity index (χ3n) is 3.77. The third-order valence-corrected chi connectivity index (χ3v) is 5.15. The molecule has 1 aliphatic heterocycles. The fourth-order valence-electron chi connectivity index (χ4n) is 2.44. The number of thioether (sulfide) groups is 1. The van der Waals surface area contributed by atoms with E-state index in [0.29, 0.717) is 27.3 Å². The van der Waals surface area contributed by atoms with Crippen molar-refractivity contribution in [2.75, 3.05) is 20.3 Å². The van der Waals surface area contributed by atoms with Crippen molar-refractivity contribution in [3.05, 3.63) is 28.7 Å². The van der Waals surface area contributed by atoms with Gasteiger partial charge in [0.25, 0.3) is 5.91 Å². The molecule has 1 saturated heterocycles. The first kappa shape index (κ1) is 22.2. The van der Waals surface area contributed by atoms with Crippen molar-refractivity contribution in [1.29, 1.82) is 0 Å². The summed E-state index contributed by atoms with van der Waals surface area (Å²) in [5, 5.41) is 0. The lowest BCUT2D eigenvalue weighted by Crippen LogP contribution is -2.35. The first-order valence-electron chi connectivity index (χ1n) is 9.11. The summed E-state index contributed by atoms with van der Waals surface area (Å²) in [5.41, 5.74) is 0.782. The number of benzene rings is 1. The van der Waals surface area contributed by atoms with Crippen molar-refractivity contribution in [1.82, 2.24) is 4.90 Å². The normalized spacial score (nSPS) is 15.5. The lowest BCUT2D eigenvalue weighted by atomic mass is 10.2. The average molecular weight is 424 g/mol. The molecule has 0 radical (unpaired) electrons. The van der Waals surface area contributed by atoms with Crippen LogP contribution in [0.5, 0.6) is 11.5 Å². The molecule has 1 amide bonds. The number of carbonyl (C=O) groups excluding carboxylic acids is 2. The van der Waals surface area contributed by atoms with Gasteiger partial charge in [-0.05, 0) is 44.0 Å². The first-order valence-corrected chi connectivity index (χ1v) is 10.3. The third kappa shape index (κ3) is 5.97. The molecule has 0 aromatic heterocycles. The Morgan fingerprint density at radius 1 is 1.32 bits per heavy atom. The minimum atomic E-state index is -0.484. The minimum Gasteiger partial charge on any atom is -0.493 e. The zero-order valence-electron chi connectivity index (χ0n) is 16.5. The quantitative estimate of drug-likeness (QED) is 0.257. The van der Waals surface area contributed by atoms with Crippen LogP contribution < -0.4 is 9.47 Å². The van der Waals surface area contributed by atoms with E-state index >= 15 is 0 Å². The predicted molar refractivity (Wildman–Crippen MR) is 115 cm³/mol. The summed E-state index contributed by atoms with van der Waals surface area (Å²) in [5.74, 6) is 0.471. The molecule has 0 bridgehead atoms. The summed E-state index contributed by atoms with van der Waals surface area (Å²) in [6, 6.07) is 5.48. The molecular weight excluding hydrogens is 398 g/mol. The number of esters is 1. The first-order chi connectivity index (χ1) is 13.3. The SMILES string of the molecule is CCCCOc1ccc(/C=C2/SC(=S)N(CC(=O)OC(C)C)C2=O)cc1OC. The Labute approximate surface area is 175 Å². The summed E-state index contributed by atoms with van der Waals surface area (Å²) in [7, 11) is 1.58. The number of ether oxygens (including phenoxy) is 3. The van der Waals surface area contributed by atoms with E-state index in [2.05, 4.69) is 6.92 Å². The highest BCUT2D eigenvalue weighted by molar-refractivity contribution is 8.26. The van der Waals surface area contributed by atoms with Crippen molar-refractivity contribution in [2.24, 2.45) is 0 Å². The van der Waals surface area contributed by atoms with Gasteiger partial charge in [0.1, 0.15) is 10.9 Å². The molecule has 0 atom stereocenters. The average Bonchev–Trinajstić information content (AvgIpc) is 2.89. The maximum absolute atomic E-state index is 12.6. The Morgan fingerprint density at radius 2 is 2.07 bits per heavy atom. The van der Waals surface area contributed by atoms with E-state index < -0.39 is 5.97 Å². The van der Waals surface area contributed by atoms with E-state index in [9.17, 15) is 9.59 Å². The van der Waals surface area contributed by atoms with E-state index in [1.807, 2.05) is 12.1 Å². The van der Waals surface area contributed by atoms with Gasteiger partial charge >= 0.3 is 5.97 Å². The molecule has 152 valence electrons. The number of carbonyl (C=O) groups is 2. The van der Waals surface area contributed by atoms with Crippen LogP contribution in [0, 0.1) is 0 Å². The van der Waals surface area contributed by atoms with Gasteiger partial charge in [-0.2, -0.15) is 0 Å². The number of nitrogens with zero attached hydrogens (tertiary/aromatic N) is 1. The molecule has 0 saturated carbocycles. The monoisotopic (exact) mass is 423 g/mol. The van der Waals surface area contributed by atoms with Crippen LogP contribution in [0.25, 0.3) is 6.08 Å². The summed E-state index contributed by atoms with van der Waals surface area (Å²) >= 11 is 6.41. The summed E-state index contributed by atoms with van der Waals surface area (Å²) in [6.45, 7) is 6.05. The standard InChI is InChI=1S/C20H25NO5S2/c1-5-6-9-25-15-8-7-14(10-16(15)24-4)11-17-19(23)21(20(27)28-17)12-18(22)26-13(2)3/h7-8,10-11,13H,5-6,9,12H2,1-4H3/b17-11+. The lowest BCUT2D eigenvalue weighted by molar-refractivity contribution is -0.149. The molecule has 6 nitrogen and oxygen atoms in total. The van der Waals surface area contributed by atoms with Crippen LogP contribution in [0.2, 0.25) is 0 Å². The Bertz CT molecular complexity index is 776. The second-order valence-corrected chi connectivity index (χ2v) is 8.09. The molecule has 0 spiro atoms. The largest absolute Gasteiger partial charge is 0.493 e. The molecule has 0 unspecified atom stereocenters. The molecule has 1 aliphatic rings. The number of hydrogen-bond donors (Lipinski definition) is 0. The van der Waals surface area contributed by atoms with Crippen LogP contribution in [-0.4, -0.2) is 47.5 Å². The number of unbranched alkanes of at least 4 members (excludes halogenated alkanes) is 1. The van der Waals surface area contributed by atoms with Crippen molar-refractivity contribution >= 4 is 46.3 Å². The van der Waals surface area contributed by atoms with Crippen LogP contribution in [0.1, 0.15) is 39.2 Å². The van der Waals surface area contributed by atoms with Crippen LogP contribution >= 0.6 is 24.0 Å². The topological polar surface area (TPSA) is 65.1 Å². The fraction of sp³-hybridized carbons (Fsp3) is 0.450. The van der Waals surface area contributed by atoms with Crippen LogP contribution in [0.3, 0.4) is 0 Å². The van der Waals surface area contributed by atoms with E-state index in [-0.39, 0.29) is 18.6 Å². The lowest BCUT2D eigenvalue weighted by Gasteiger charge is -2.15. The Kier molecular flexibility index (Phi) is 8.32. The molecule has 1 aromatic rings. The second-order valence-electron chi connectivity index (χ2n) is 6.42. The van der Waals surface area contributed by atoms with Crippen LogP contribution in [-0.2, 0) is 14.3 Å². The molecular formula is C20H25NO5S2. The van der Waals surface area contributed by atoms with Gasteiger partial charge in [-0.15, -0.1) is 0 Å². The summed E-state index contributed by atoms with van der Waals surface area (Å²) < 4.78 is 16.6. The van der Waals surface area contributed by atoms with E-state index in [0.717, 1.165) is 30.2 Å². The highest BCUT2D eigenvalue weighted by Gasteiger charge is 2.34. The summed E-state index contributed by atoms with van der Waals surface area (Å²) in [4.78, 5) is 26.2. The van der Waals surface area contributed by atoms with Gasteiger partial charge in [0.15, 0.2) is 11.5 Å².